The molecule has 0 saturated carbocycles. The molecule has 0 heterocycles. The molecule has 0 saturated heterocycles. The standard InChI is InChI=1S/C8H14N2O.C6H8N2.C2H6O/c1-7(2)5-6(11)3-4-8(7,9)10;7-5-3-1-2-4-6(5)8;1-2-3/h3-5,11H,9-10H2,1-2H3;1-4H,7-8H2;3H,2H2,1H3. The van der Waals surface area contributed by atoms with E-state index < -0.39 is 11.1 Å². The fraction of sp³-hybridized carbons (Fsp3) is 0.375. The molecular weight excluding hydrogens is 280 g/mol. The largest absolute Gasteiger partial charge is 0.508 e. The van der Waals surface area contributed by atoms with Crippen LogP contribution in [0.15, 0.2) is 48.3 Å². The van der Waals surface area contributed by atoms with Gasteiger partial charge in [0.1, 0.15) is 5.76 Å². The van der Waals surface area contributed by atoms with E-state index in [1.807, 2.05) is 26.0 Å². The van der Waals surface area contributed by atoms with Gasteiger partial charge in [0.25, 0.3) is 0 Å². The van der Waals surface area contributed by atoms with Gasteiger partial charge in [-0.2, -0.15) is 0 Å². The lowest BCUT2D eigenvalue weighted by Crippen LogP contribution is -2.59. The Labute approximate surface area is 132 Å². The van der Waals surface area contributed by atoms with E-state index in [1.54, 1.807) is 31.2 Å². The Morgan fingerprint density at radius 1 is 1.05 bits per heavy atom. The number of nitrogens with two attached hydrogens (primary N) is 4. The van der Waals surface area contributed by atoms with Crippen LogP contribution in [-0.4, -0.2) is 22.5 Å². The van der Waals surface area contributed by atoms with Gasteiger partial charge in [0.2, 0.25) is 0 Å². The third-order valence-electron chi connectivity index (χ3n) is 3.15. The minimum absolute atomic E-state index is 0.224. The number of hydrogen-bond donors (Lipinski definition) is 6. The monoisotopic (exact) mass is 308 g/mol. The molecule has 22 heavy (non-hydrogen) atoms. The molecule has 124 valence electrons. The second-order valence-corrected chi connectivity index (χ2v) is 5.50. The van der Waals surface area contributed by atoms with Gasteiger partial charge >= 0.3 is 0 Å². The van der Waals surface area contributed by atoms with E-state index in [2.05, 4.69) is 0 Å². The van der Waals surface area contributed by atoms with Crippen molar-refractivity contribution in [2.24, 2.45) is 16.9 Å². The number of benzene rings is 1. The predicted octanol–water partition coefficient (Wildman–Crippen LogP) is 1.49. The Morgan fingerprint density at radius 2 is 1.45 bits per heavy atom. The highest BCUT2D eigenvalue weighted by Gasteiger charge is 2.36. The fourth-order valence-electron chi connectivity index (χ4n) is 1.49. The van der Waals surface area contributed by atoms with Crippen LogP contribution in [0, 0.1) is 5.41 Å². The summed E-state index contributed by atoms with van der Waals surface area (Å²) in [6.45, 7) is 5.69. The van der Waals surface area contributed by atoms with Crippen molar-refractivity contribution in [1.29, 1.82) is 0 Å². The molecule has 0 fully saturated rings. The van der Waals surface area contributed by atoms with Gasteiger partial charge in [-0.15, -0.1) is 0 Å². The highest BCUT2D eigenvalue weighted by molar-refractivity contribution is 5.62. The Hall–Kier alpha value is -2.02. The third-order valence-corrected chi connectivity index (χ3v) is 3.15. The zero-order chi connectivity index (χ0) is 17.4. The summed E-state index contributed by atoms with van der Waals surface area (Å²) in [5.41, 5.74) is 22.3. The van der Waals surface area contributed by atoms with Crippen LogP contribution in [0.1, 0.15) is 20.8 Å². The van der Waals surface area contributed by atoms with Crippen molar-refractivity contribution in [1.82, 2.24) is 0 Å². The maximum atomic E-state index is 9.14. The lowest BCUT2D eigenvalue weighted by molar-refractivity contribution is 0.269. The van der Waals surface area contributed by atoms with Crippen molar-refractivity contribution in [2.45, 2.75) is 26.4 Å². The molecule has 0 spiro atoms. The van der Waals surface area contributed by atoms with E-state index in [-0.39, 0.29) is 12.4 Å². The smallest absolute Gasteiger partial charge is 0.112 e. The number of para-hydroxylation sites is 2. The van der Waals surface area contributed by atoms with E-state index in [0.29, 0.717) is 11.4 Å². The van der Waals surface area contributed by atoms with Crippen LogP contribution in [0.25, 0.3) is 0 Å². The molecule has 1 aromatic rings. The first-order valence-electron chi connectivity index (χ1n) is 6.97. The highest BCUT2D eigenvalue weighted by Crippen LogP contribution is 2.32. The van der Waals surface area contributed by atoms with E-state index in [9.17, 15) is 0 Å². The number of anilines is 2. The Balaban J connectivity index is 0.000000352. The molecule has 10 N–H and O–H groups in total. The number of aliphatic hydroxyl groups excluding tert-OH is 2. The predicted molar refractivity (Wildman–Crippen MR) is 92.8 cm³/mol. The first kappa shape index (κ1) is 20.0. The molecule has 0 radical (unpaired) electrons. The van der Waals surface area contributed by atoms with Gasteiger partial charge in [0.05, 0.1) is 17.0 Å². The van der Waals surface area contributed by atoms with Gasteiger partial charge in [-0.1, -0.05) is 26.0 Å². The lowest BCUT2D eigenvalue weighted by Gasteiger charge is -2.38. The van der Waals surface area contributed by atoms with E-state index in [0.717, 1.165) is 0 Å². The first-order chi connectivity index (χ1) is 10.1. The van der Waals surface area contributed by atoms with Crippen LogP contribution in [-0.2, 0) is 0 Å². The van der Waals surface area contributed by atoms with Crippen molar-refractivity contribution in [3.63, 3.8) is 0 Å². The summed E-state index contributed by atoms with van der Waals surface area (Å²) in [6.07, 6.45) is 4.79. The number of rotatable bonds is 0. The van der Waals surface area contributed by atoms with Gasteiger partial charge in [0, 0.05) is 12.0 Å². The van der Waals surface area contributed by atoms with Crippen molar-refractivity contribution in [2.75, 3.05) is 18.1 Å². The molecule has 0 aliphatic heterocycles. The van der Waals surface area contributed by atoms with Crippen LogP contribution < -0.4 is 22.9 Å². The highest BCUT2D eigenvalue weighted by atomic mass is 16.3. The number of nitrogen functional groups attached to an aromatic ring is 2. The molecule has 1 aliphatic rings. The summed E-state index contributed by atoms with van der Waals surface area (Å²) in [5.74, 6) is 0.224. The van der Waals surface area contributed by atoms with E-state index >= 15 is 0 Å². The van der Waals surface area contributed by atoms with Crippen LogP contribution in [0.4, 0.5) is 11.4 Å². The average molecular weight is 308 g/mol. The SMILES string of the molecule is CC1(C)C=C(O)C=CC1(N)N.CCO.Nc1ccccc1N. The van der Waals surface area contributed by atoms with Crippen LogP contribution in [0.2, 0.25) is 0 Å². The molecule has 0 bridgehead atoms. The first-order valence-corrected chi connectivity index (χ1v) is 6.97. The molecule has 0 amide bonds. The van der Waals surface area contributed by atoms with E-state index in [1.165, 1.54) is 6.08 Å². The maximum absolute atomic E-state index is 9.14. The van der Waals surface area contributed by atoms with Gasteiger partial charge < -0.3 is 33.1 Å². The second-order valence-electron chi connectivity index (χ2n) is 5.50. The molecule has 6 heteroatoms. The number of allylic oxidation sites excluding steroid dienone is 1. The minimum atomic E-state index is -0.862. The fourth-order valence-corrected chi connectivity index (χ4v) is 1.49. The van der Waals surface area contributed by atoms with Crippen molar-refractivity contribution in [3.8, 4) is 0 Å². The molecule has 0 unspecified atom stereocenters. The summed E-state index contributed by atoms with van der Waals surface area (Å²) in [6, 6.07) is 7.25. The normalized spacial score (nSPS) is 17.3. The van der Waals surface area contributed by atoms with Crippen LogP contribution >= 0.6 is 0 Å². The van der Waals surface area contributed by atoms with Crippen molar-refractivity contribution < 1.29 is 10.2 Å². The second kappa shape index (κ2) is 8.43. The van der Waals surface area contributed by atoms with Gasteiger partial charge in [-0.3, -0.25) is 0 Å². The summed E-state index contributed by atoms with van der Waals surface area (Å²) < 4.78 is 0. The molecule has 6 nitrogen and oxygen atoms in total. The molecule has 1 aromatic carbocycles. The Kier molecular flexibility index (Phi) is 7.66. The minimum Gasteiger partial charge on any atom is -0.508 e. The number of hydrogen-bond acceptors (Lipinski definition) is 6. The summed E-state index contributed by atoms with van der Waals surface area (Å²) >= 11 is 0. The molecule has 0 atom stereocenters. The van der Waals surface area contributed by atoms with Crippen LogP contribution in [0.5, 0.6) is 0 Å². The summed E-state index contributed by atoms with van der Waals surface area (Å²) in [7, 11) is 0. The topological polar surface area (TPSA) is 145 Å². The zero-order valence-corrected chi connectivity index (χ0v) is 13.5. The van der Waals surface area contributed by atoms with Gasteiger partial charge in [0.15, 0.2) is 0 Å². The molecule has 2 rings (SSSR count). The third kappa shape index (κ3) is 6.17. The molecule has 1 aliphatic carbocycles. The zero-order valence-electron chi connectivity index (χ0n) is 13.5. The Morgan fingerprint density at radius 3 is 1.73 bits per heavy atom. The summed E-state index contributed by atoms with van der Waals surface area (Å²) in [5, 5.41) is 16.7. The van der Waals surface area contributed by atoms with Crippen molar-refractivity contribution >= 4 is 11.4 Å². The van der Waals surface area contributed by atoms with Gasteiger partial charge in [-0.25, -0.2) is 0 Å². The molecule has 0 aromatic heterocycles. The lowest BCUT2D eigenvalue weighted by atomic mass is 9.76. The van der Waals surface area contributed by atoms with Gasteiger partial charge in [-0.05, 0) is 37.3 Å². The van der Waals surface area contributed by atoms with E-state index in [4.69, 9.17) is 33.1 Å². The number of aliphatic hydroxyl groups is 2. The average Bonchev–Trinajstić information content (AvgIpc) is 2.40. The quantitative estimate of drug-likeness (QED) is 0.316. The van der Waals surface area contributed by atoms with Crippen LogP contribution in [0.3, 0.4) is 0 Å². The maximum Gasteiger partial charge on any atom is 0.112 e. The molecular formula is C16H28N4O2. The summed E-state index contributed by atoms with van der Waals surface area (Å²) in [4.78, 5) is 0. The van der Waals surface area contributed by atoms with Crippen molar-refractivity contribution in [3.05, 3.63) is 48.3 Å². The Bertz CT molecular complexity index is 502.